The van der Waals surface area contributed by atoms with Crippen molar-refractivity contribution in [3.63, 3.8) is 0 Å². The molecular formula is C31H35N3O5S. The van der Waals surface area contributed by atoms with Crippen molar-refractivity contribution in [3.05, 3.63) is 84.1 Å². The van der Waals surface area contributed by atoms with Crippen LogP contribution < -0.4 is 15.2 Å². The lowest BCUT2D eigenvalue weighted by Gasteiger charge is -2.31. The molecule has 40 heavy (non-hydrogen) atoms. The third-order valence-corrected chi connectivity index (χ3v) is 9.39. The zero-order valence-corrected chi connectivity index (χ0v) is 23.5. The van der Waals surface area contributed by atoms with Gasteiger partial charge in [0, 0.05) is 24.7 Å². The number of fused-ring (bicyclic) bond motifs is 1. The summed E-state index contributed by atoms with van der Waals surface area (Å²) >= 11 is 0. The molecule has 0 aliphatic carbocycles. The van der Waals surface area contributed by atoms with Crippen LogP contribution in [0.4, 0.5) is 0 Å². The maximum atomic E-state index is 13.0. The fraction of sp³-hybridized carbons (Fsp3) is 0.323. The second kappa shape index (κ2) is 12.1. The van der Waals surface area contributed by atoms with E-state index in [1.807, 2.05) is 73.8 Å². The van der Waals surface area contributed by atoms with Gasteiger partial charge in [-0.2, -0.15) is 0 Å². The van der Waals surface area contributed by atoms with Crippen molar-refractivity contribution in [2.45, 2.75) is 32.1 Å². The van der Waals surface area contributed by atoms with Crippen molar-refractivity contribution in [2.24, 2.45) is 5.73 Å². The van der Waals surface area contributed by atoms with Crippen LogP contribution in [-0.4, -0.2) is 55.7 Å². The normalized spacial score (nSPS) is 14.8. The van der Waals surface area contributed by atoms with Gasteiger partial charge in [-0.15, -0.1) is 0 Å². The first-order valence-corrected chi connectivity index (χ1v) is 15.3. The molecule has 1 fully saturated rings. The number of hydrogen-bond donors (Lipinski definition) is 2. The highest BCUT2D eigenvalue weighted by Crippen LogP contribution is 2.37. The van der Waals surface area contributed by atoms with Crippen LogP contribution in [0.5, 0.6) is 11.5 Å². The van der Waals surface area contributed by atoms with Gasteiger partial charge >= 0.3 is 0 Å². The molecule has 9 heteroatoms. The number of rotatable bonds is 11. The lowest BCUT2D eigenvalue weighted by atomic mass is 9.88. The molecule has 0 bridgehead atoms. The Morgan fingerprint density at radius 2 is 1.65 bits per heavy atom. The molecule has 4 aromatic rings. The molecule has 1 aromatic heterocycles. The first-order valence-electron chi connectivity index (χ1n) is 13.7. The summed E-state index contributed by atoms with van der Waals surface area (Å²) in [5.41, 5.74) is 9.94. The number of carbonyl (C=O) groups is 1. The quantitative estimate of drug-likeness (QED) is 0.241. The SMILES string of the molecule is CCOc1ccc(OCCCS(=O)(=O)N2CCC(c3c[nH]c4c(C(N)=O)cc(-c5ccccc5)cc34)CC2)cc1. The predicted molar refractivity (Wildman–Crippen MR) is 157 cm³/mol. The molecule has 0 atom stereocenters. The van der Waals surface area contributed by atoms with E-state index in [2.05, 4.69) is 11.1 Å². The van der Waals surface area contributed by atoms with E-state index in [0.29, 0.717) is 56.9 Å². The average molecular weight is 562 g/mol. The van der Waals surface area contributed by atoms with Crippen molar-refractivity contribution < 1.29 is 22.7 Å². The predicted octanol–water partition coefficient (Wildman–Crippen LogP) is 5.31. The van der Waals surface area contributed by atoms with Crippen molar-refractivity contribution in [2.75, 3.05) is 32.1 Å². The number of amides is 1. The summed E-state index contributed by atoms with van der Waals surface area (Å²) in [5.74, 6) is 1.21. The van der Waals surface area contributed by atoms with Crippen LogP contribution in [0.3, 0.4) is 0 Å². The molecule has 0 saturated carbocycles. The van der Waals surface area contributed by atoms with Crippen molar-refractivity contribution in [1.29, 1.82) is 0 Å². The van der Waals surface area contributed by atoms with Gasteiger partial charge in [-0.1, -0.05) is 30.3 Å². The molecule has 2 heterocycles. The molecular weight excluding hydrogens is 526 g/mol. The Kier molecular flexibility index (Phi) is 8.42. The van der Waals surface area contributed by atoms with Crippen molar-refractivity contribution in [1.82, 2.24) is 9.29 Å². The maximum Gasteiger partial charge on any atom is 0.250 e. The highest BCUT2D eigenvalue weighted by Gasteiger charge is 2.30. The van der Waals surface area contributed by atoms with Crippen LogP contribution in [-0.2, 0) is 10.0 Å². The molecule has 3 N–H and O–H groups in total. The molecule has 8 nitrogen and oxygen atoms in total. The summed E-state index contributed by atoms with van der Waals surface area (Å²) in [6.07, 6.45) is 3.77. The summed E-state index contributed by atoms with van der Waals surface area (Å²) in [6, 6.07) is 21.1. The number of piperidine rings is 1. The monoisotopic (exact) mass is 561 g/mol. The highest BCUT2D eigenvalue weighted by atomic mass is 32.2. The second-order valence-electron chi connectivity index (χ2n) is 10.0. The van der Waals surface area contributed by atoms with Gasteiger partial charge in [-0.3, -0.25) is 4.79 Å². The summed E-state index contributed by atoms with van der Waals surface area (Å²) < 4.78 is 38.8. The molecule has 0 spiro atoms. The third kappa shape index (κ3) is 6.16. The number of nitrogens with two attached hydrogens (primary N) is 1. The number of nitrogens with one attached hydrogen (secondary N) is 1. The van der Waals surface area contributed by atoms with E-state index in [0.717, 1.165) is 33.3 Å². The Bertz CT molecular complexity index is 1560. The molecule has 1 saturated heterocycles. The largest absolute Gasteiger partial charge is 0.494 e. The number of ether oxygens (including phenoxy) is 2. The zero-order valence-electron chi connectivity index (χ0n) is 22.6. The van der Waals surface area contributed by atoms with E-state index < -0.39 is 15.9 Å². The lowest BCUT2D eigenvalue weighted by Crippen LogP contribution is -2.39. The summed E-state index contributed by atoms with van der Waals surface area (Å²) in [6.45, 7) is 3.77. The van der Waals surface area contributed by atoms with Gasteiger partial charge in [-0.05, 0) is 85.2 Å². The van der Waals surface area contributed by atoms with E-state index in [1.165, 1.54) is 0 Å². The Balaban J connectivity index is 1.21. The average Bonchev–Trinajstić information content (AvgIpc) is 3.40. The van der Waals surface area contributed by atoms with Gasteiger partial charge in [0.2, 0.25) is 10.0 Å². The minimum Gasteiger partial charge on any atom is -0.494 e. The van der Waals surface area contributed by atoms with Gasteiger partial charge in [0.15, 0.2) is 0 Å². The van der Waals surface area contributed by atoms with Gasteiger partial charge in [0.05, 0.1) is 30.0 Å². The van der Waals surface area contributed by atoms with Crippen LogP contribution >= 0.6 is 0 Å². The fourth-order valence-corrected chi connectivity index (χ4v) is 6.89. The molecule has 210 valence electrons. The maximum absolute atomic E-state index is 13.0. The minimum absolute atomic E-state index is 0.0458. The van der Waals surface area contributed by atoms with Crippen molar-refractivity contribution in [3.8, 4) is 22.6 Å². The van der Waals surface area contributed by atoms with Gasteiger partial charge in [0.25, 0.3) is 5.91 Å². The summed E-state index contributed by atoms with van der Waals surface area (Å²) in [4.78, 5) is 15.5. The van der Waals surface area contributed by atoms with Gasteiger partial charge in [-0.25, -0.2) is 12.7 Å². The number of carbonyl (C=O) groups excluding carboxylic acids is 1. The van der Waals surface area contributed by atoms with Gasteiger partial charge in [0.1, 0.15) is 11.5 Å². The smallest absolute Gasteiger partial charge is 0.250 e. The highest BCUT2D eigenvalue weighted by molar-refractivity contribution is 7.89. The van der Waals surface area contributed by atoms with Crippen LogP contribution in [0, 0.1) is 0 Å². The minimum atomic E-state index is -3.38. The van der Waals surface area contributed by atoms with Crippen LogP contribution in [0.1, 0.15) is 48.0 Å². The van der Waals surface area contributed by atoms with E-state index in [-0.39, 0.29) is 11.7 Å². The second-order valence-corrected chi connectivity index (χ2v) is 12.1. The third-order valence-electron chi connectivity index (χ3n) is 7.43. The Hall–Kier alpha value is -3.82. The number of hydrogen-bond acceptors (Lipinski definition) is 5. The Morgan fingerprint density at radius 1 is 0.975 bits per heavy atom. The molecule has 3 aromatic carbocycles. The van der Waals surface area contributed by atoms with Crippen molar-refractivity contribution >= 4 is 26.8 Å². The zero-order chi connectivity index (χ0) is 28.1. The molecule has 0 radical (unpaired) electrons. The lowest BCUT2D eigenvalue weighted by molar-refractivity contribution is 0.100. The number of primary amides is 1. The first-order chi connectivity index (χ1) is 19.4. The topological polar surface area (TPSA) is 115 Å². The molecule has 0 unspecified atom stereocenters. The van der Waals surface area contributed by atoms with Crippen LogP contribution in [0.2, 0.25) is 0 Å². The fourth-order valence-electron chi connectivity index (χ4n) is 5.39. The Morgan fingerprint density at radius 3 is 2.30 bits per heavy atom. The standard InChI is InChI=1S/C31H35N3O5S/c1-2-38-25-9-11-26(12-10-25)39-17-6-18-40(36,37)34-15-13-23(14-16-34)29-21-33-30-27(29)19-24(20-28(30)31(32)35)22-7-4-3-5-8-22/h3-5,7-12,19-21,23,33H,2,6,13-18H2,1H3,(H2,32,35). The first kappa shape index (κ1) is 27.7. The number of H-pyrrole nitrogens is 1. The number of aromatic amines is 1. The molecule has 5 rings (SSSR count). The summed E-state index contributed by atoms with van der Waals surface area (Å²) in [7, 11) is -3.38. The number of benzene rings is 3. The Labute approximate surface area is 235 Å². The molecule has 1 amide bonds. The number of nitrogens with zero attached hydrogens (tertiary/aromatic N) is 1. The summed E-state index contributed by atoms with van der Waals surface area (Å²) in [5, 5.41) is 0.961. The number of sulfonamides is 1. The van der Waals surface area contributed by atoms with E-state index in [1.54, 1.807) is 4.31 Å². The van der Waals surface area contributed by atoms with Crippen LogP contribution in [0.15, 0.2) is 72.9 Å². The number of aromatic nitrogens is 1. The van der Waals surface area contributed by atoms with E-state index in [9.17, 15) is 13.2 Å². The van der Waals surface area contributed by atoms with Gasteiger partial charge < -0.3 is 20.2 Å². The molecule has 1 aliphatic rings. The van der Waals surface area contributed by atoms with E-state index in [4.69, 9.17) is 15.2 Å². The van der Waals surface area contributed by atoms with E-state index >= 15 is 0 Å². The molecule has 1 aliphatic heterocycles. The van der Waals surface area contributed by atoms with Crippen LogP contribution in [0.25, 0.3) is 22.0 Å².